The second kappa shape index (κ2) is 3.57. The van der Waals surface area contributed by atoms with Crippen LogP contribution in [0.3, 0.4) is 0 Å². The van der Waals surface area contributed by atoms with Gasteiger partial charge in [-0.2, -0.15) is 0 Å². The maximum absolute atomic E-state index is 9.24. The average molecular weight is 150 g/mol. The molecule has 2 saturated carbocycles. The molecule has 54 valence electrons. The van der Waals surface area contributed by atoms with Crippen LogP contribution in [0.25, 0.3) is 0 Å². The van der Waals surface area contributed by atoms with Crippen molar-refractivity contribution in [1.29, 1.82) is 0 Å². The molecule has 0 aromatic carbocycles. The first-order chi connectivity index (χ1) is 4.36. The minimum atomic E-state index is 0. The van der Waals surface area contributed by atoms with E-state index in [2.05, 4.69) is 0 Å². The molecule has 0 heterocycles. The largest absolute Gasteiger partial charge is 1.00 e. The van der Waals surface area contributed by atoms with Gasteiger partial charge in [-0.1, -0.05) is 19.3 Å². The Hall–Kier alpha value is 0.960. The number of rotatable bonds is 0. The average Bonchev–Trinajstić information content (AvgIpc) is 2.22. The van der Waals surface area contributed by atoms with Crippen molar-refractivity contribution in [3.8, 4) is 0 Å². The van der Waals surface area contributed by atoms with Gasteiger partial charge in [0.2, 0.25) is 0 Å². The predicted octanol–water partition coefficient (Wildman–Crippen LogP) is -1.33. The van der Waals surface area contributed by atoms with E-state index in [-0.39, 0.29) is 37.1 Å². The van der Waals surface area contributed by atoms with E-state index in [0.29, 0.717) is 0 Å². The molecule has 0 bridgehead atoms. The third-order valence-corrected chi connectivity index (χ3v) is 2.97. The van der Waals surface area contributed by atoms with E-state index < -0.39 is 0 Å². The SMILES string of the molecule is OC1CC2CCCC2C1.[H-].[Na+]. The van der Waals surface area contributed by atoms with Gasteiger partial charge >= 0.3 is 29.6 Å². The Morgan fingerprint density at radius 3 is 2.10 bits per heavy atom. The molecule has 0 aromatic rings. The van der Waals surface area contributed by atoms with Gasteiger partial charge in [-0.05, 0) is 24.7 Å². The van der Waals surface area contributed by atoms with Gasteiger partial charge in [0.15, 0.2) is 0 Å². The fourth-order valence-electron chi connectivity index (χ4n) is 2.53. The van der Waals surface area contributed by atoms with Crippen LogP contribution in [0, 0.1) is 11.8 Å². The van der Waals surface area contributed by atoms with E-state index in [1.165, 1.54) is 19.3 Å². The molecule has 1 nitrogen and oxygen atoms in total. The molecule has 0 saturated heterocycles. The van der Waals surface area contributed by atoms with Gasteiger partial charge in [-0.15, -0.1) is 0 Å². The summed E-state index contributed by atoms with van der Waals surface area (Å²) in [5.41, 5.74) is 0. The number of fused-ring (bicyclic) bond motifs is 1. The van der Waals surface area contributed by atoms with Gasteiger partial charge < -0.3 is 6.53 Å². The van der Waals surface area contributed by atoms with E-state index >= 15 is 0 Å². The van der Waals surface area contributed by atoms with Crippen LogP contribution >= 0.6 is 0 Å². The summed E-state index contributed by atoms with van der Waals surface area (Å²) in [6, 6.07) is 0. The van der Waals surface area contributed by atoms with Crippen LogP contribution in [-0.4, -0.2) is 11.2 Å². The quantitative estimate of drug-likeness (QED) is 0.424. The Labute approximate surface area is 86.0 Å². The van der Waals surface area contributed by atoms with E-state index in [1.54, 1.807) is 0 Å². The topological polar surface area (TPSA) is 20.2 Å². The molecule has 2 aliphatic rings. The summed E-state index contributed by atoms with van der Waals surface area (Å²) in [5.74, 6) is 1.81. The zero-order valence-electron chi connectivity index (χ0n) is 7.71. The molecule has 0 spiro atoms. The van der Waals surface area contributed by atoms with Crippen molar-refractivity contribution in [2.24, 2.45) is 11.8 Å². The van der Waals surface area contributed by atoms with Crippen LogP contribution in [0.2, 0.25) is 0 Å². The van der Waals surface area contributed by atoms with E-state index in [0.717, 1.165) is 24.7 Å². The molecule has 2 heteroatoms. The first kappa shape index (κ1) is 9.05. The van der Waals surface area contributed by atoms with Gasteiger partial charge in [-0.3, -0.25) is 0 Å². The molecule has 2 aliphatic carbocycles. The number of hydrogen-bond donors (Lipinski definition) is 1. The zero-order valence-corrected chi connectivity index (χ0v) is 8.71. The maximum atomic E-state index is 9.24. The molecule has 2 unspecified atom stereocenters. The molecule has 0 aliphatic heterocycles. The van der Waals surface area contributed by atoms with E-state index in [1.807, 2.05) is 0 Å². The van der Waals surface area contributed by atoms with E-state index in [4.69, 9.17) is 0 Å². The van der Waals surface area contributed by atoms with Crippen LogP contribution in [0.15, 0.2) is 0 Å². The molecule has 2 atom stereocenters. The van der Waals surface area contributed by atoms with Crippen molar-refractivity contribution in [3.05, 3.63) is 0 Å². The Morgan fingerprint density at radius 1 is 1.10 bits per heavy atom. The van der Waals surface area contributed by atoms with Crippen molar-refractivity contribution in [1.82, 2.24) is 0 Å². The fourth-order valence-corrected chi connectivity index (χ4v) is 2.53. The van der Waals surface area contributed by atoms with Gasteiger partial charge in [0.1, 0.15) is 0 Å². The molecule has 2 fully saturated rings. The van der Waals surface area contributed by atoms with Gasteiger partial charge in [-0.25, -0.2) is 0 Å². The predicted molar refractivity (Wildman–Crippen MR) is 37.2 cm³/mol. The van der Waals surface area contributed by atoms with Crippen molar-refractivity contribution in [2.75, 3.05) is 0 Å². The molecule has 0 aromatic heterocycles. The third-order valence-electron chi connectivity index (χ3n) is 2.97. The summed E-state index contributed by atoms with van der Waals surface area (Å²) >= 11 is 0. The van der Waals surface area contributed by atoms with Crippen LogP contribution < -0.4 is 29.6 Å². The van der Waals surface area contributed by atoms with Crippen LogP contribution in [0.5, 0.6) is 0 Å². The summed E-state index contributed by atoms with van der Waals surface area (Å²) in [5, 5.41) is 9.24. The molecule has 10 heavy (non-hydrogen) atoms. The molecular formula is C8H15NaO. The Kier molecular flexibility index (Phi) is 3.23. The Balaban J connectivity index is 0.000000500. The van der Waals surface area contributed by atoms with Crippen LogP contribution in [-0.2, 0) is 0 Å². The maximum Gasteiger partial charge on any atom is 1.00 e. The fraction of sp³-hybridized carbons (Fsp3) is 1.00. The number of aliphatic hydroxyl groups excluding tert-OH is 1. The second-order valence-electron chi connectivity index (χ2n) is 3.58. The number of hydrogen-bond acceptors (Lipinski definition) is 1. The van der Waals surface area contributed by atoms with Crippen molar-refractivity contribution in [3.63, 3.8) is 0 Å². The zero-order chi connectivity index (χ0) is 6.27. The molecular weight excluding hydrogens is 135 g/mol. The first-order valence-corrected chi connectivity index (χ1v) is 4.04. The van der Waals surface area contributed by atoms with Crippen molar-refractivity contribution < 1.29 is 36.1 Å². The normalized spacial score (nSPS) is 44.7. The smallest absolute Gasteiger partial charge is 1.00 e. The summed E-state index contributed by atoms with van der Waals surface area (Å²) in [6.45, 7) is 0. The number of aliphatic hydroxyl groups is 1. The summed E-state index contributed by atoms with van der Waals surface area (Å²) in [7, 11) is 0. The van der Waals surface area contributed by atoms with Crippen LogP contribution in [0.1, 0.15) is 33.5 Å². The monoisotopic (exact) mass is 150 g/mol. The van der Waals surface area contributed by atoms with Gasteiger partial charge in [0.25, 0.3) is 0 Å². The van der Waals surface area contributed by atoms with Gasteiger partial charge in [0, 0.05) is 0 Å². The minimum absolute atomic E-state index is 0. The minimum Gasteiger partial charge on any atom is -1.00 e. The van der Waals surface area contributed by atoms with E-state index in [9.17, 15) is 5.11 Å². The third kappa shape index (κ3) is 1.58. The van der Waals surface area contributed by atoms with Crippen molar-refractivity contribution >= 4 is 0 Å². The summed E-state index contributed by atoms with van der Waals surface area (Å²) in [6.07, 6.45) is 6.46. The second-order valence-corrected chi connectivity index (χ2v) is 3.58. The summed E-state index contributed by atoms with van der Waals surface area (Å²) in [4.78, 5) is 0. The summed E-state index contributed by atoms with van der Waals surface area (Å²) < 4.78 is 0. The Bertz CT molecular complexity index is 109. The molecule has 0 radical (unpaired) electrons. The van der Waals surface area contributed by atoms with Crippen molar-refractivity contribution in [2.45, 2.75) is 38.2 Å². The standard InChI is InChI=1S/C8H14O.Na.H/c9-8-4-6-2-1-3-7(6)5-8;;/h6-9H,1-5H2;;/q;+1;-1. The van der Waals surface area contributed by atoms with Gasteiger partial charge in [0.05, 0.1) is 6.10 Å². The first-order valence-electron chi connectivity index (χ1n) is 4.04. The molecule has 0 amide bonds. The molecule has 1 N–H and O–H groups in total. The van der Waals surface area contributed by atoms with Crippen LogP contribution in [0.4, 0.5) is 0 Å². The Morgan fingerprint density at radius 2 is 1.60 bits per heavy atom. The molecule has 2 rings (SSSR count).